The van der Waals surface area contributed by atoms with E-state index in [1.54, 1.807) is 11.9 Å². The number of aliphatic hydroxyl groups is 1. The first-order chi connectivity index (χ1) is 15.8. The van der Waals surface area contributed by atoms with Gasteiger partial charge in [-0.2, -0.15) is 0 Å². The molecule has 2 heterocycles. The van der Waals surface area contributed by atoms with Gasteiger partial charge in [0.05, 0.1) is 11.6 Å². The number of aldehydes is 1. The molecule has 178 valence electrons. The van der Waals surface area contributed by atoms with Crippen LogP contribution in [0.5, 0.6) is 0 Å². The molecule has 1 aromatic heterocycles. The van der Waals surface area contributed by atoms with Gasteiger partial charge in [-0.05, 0) is 49.1 Å². The van der Waals surface area contributed by atoms with Gasteiger partial charge in [-0.15, -0.1) is 0 Å². The summed E-state index contributed by atoms with van der Waals surface area (Å²) in [6.07, 6.45) is 2.73. The first-order valence-corrected chi connectivity index (χ1v) is 11.4. The van der Waals surface area contributed by atoms with E-state index >= 15 is 0 Å². The maximum Gasteiger partial charge on any atom is 0.238 e. The summed E-state index contributed by atoms with van der Waals surface area (Å²) in [5.41, 5.74) is 9.58. The fourth-order valence-electron chi connectivity index (χ4n) is 3.39. The Labute approximate surface area is 203 Å². The molecule has 1 aliphatic heterocycles. The van der Waals surface area contributed by atoms with Crippen molar-refractivity contribution in [3.63, 3.8) is 0 Å². The van der Waals surface area contributed by atoms with E-state index in [1.807, 2.05) is 54.6 Å². The maximum absolute atomic E-state index is 12.8. The van der Waals surface area contributed by atoms with E-state index in [0.717, 1.165) is 40.8 Å². The predicted molar refractivity (Wildman–Crippen MR) is 134 cm³/mol. The molecule has 1 saturated heterocycles. The molecule has 1 atom stereocenters. The van der Waals surface area contributed by atoms with Crippen molar-refractivity contribution in [2.75, 3.05) is 27.2 Å². The minimum absolute atomic E-state index is 0.0884. The lowest BCUT2D eigenvalue weighted by molar-refractivity contribution is -0.141. The molecule has 0 saturated carbocycles. The molecule has 0 radical (unpaired) electrons. The zero-order valence-corrected chi connectivity index (χ0v) is 20.8. The summed E-state index contributed by atoms with van der Waals surface area (Å²) in [7, 11) is 2.64. The van der Waals surface area contributed by atoms with Gasteiger partial charge in [-0.1, -0.05) is 35.9 Å². The lowest BCUT2D eigenvalue weighted by Crippen LogP contribution is -2.54. The summed E-state index contributed by atoms with van der Waals surface area (Å²) in [6, 6.07) is 9.01. The van der Waals surface area contributed by atoms with E-state index < -0.39 is 6.04 Å². The molecule has 4 N–H and O–H groups in total. The third kappa shape index (κ3) is 7.20. The van der Waals surface area contributed by atoms with Crippen molar-refractivity contribution in [2.45, 2.75) is 31.5 Å². The number of aliphatic imine (C=N–C) groups is 1. The van der Waals surface area contributed by atoms with Gasteiger partial charge < -0.3 is 25.5 Å². The number of aromatic nitrogens is 1. The van der Waals surface area contributed by atoms with Crippen LogP contribution >= 0.6 is 23.5 Å². The van der Waals surface area contributed by atoms with Crippen LogP contribution in [0.2, 0.25) is 0 Å². The number of nitrogens with zero attached hydrogens (tertiary/aromatic N) is 3. The van der Waals surface area contributed by atoms with Crippen molar-refractivity contribution in [1.29, 1.82) is 0 Å². The SMILES string of the molecule is CN=C(N)c1ccc(CN2C(=O)CN(Sc3cc(/C=C(\C)Cl)c(C)[nH]3)CC2C=O)cc1.CO. The van der Waals surface area contributed by atoms with E-state index in [9.17, 15) is 9.59 Å². The quantitative estimate of drug-likeness (QED) is 0.237. The Morgan fingerprint density at radius 2 is 2.03 bits per heavy atom. The number of benzene rings is 1. The highest BCUT2D eigenvalue weighted by Gasteiger charge is 2.33. The van der Waals surface area contributed by atoms with Gasteiger partial charge in [0.2, 0.25) is 5.91 Å². The number of rotatable bonds is 7. The van der Waals surface area contributed by atoms with Gasteiger partial charge in [0, 0.05) is 43.5 Å². The normalized spacial score (nSPS) is 17.6. The van der Waals surface area contributed by atoms with Crippen LogP contribution in [0, 0.1) is 6.92 Å². The number of aliphatic hydroxyl groups excluding tert-OH is 1. The molecule has 3 rings (SSSR count). The molecule has 33 heavy (non-hydrogen) atoms. The van der Waals surface area contributed by atoms with Gasteiger partial charge in [-0.3, -0.25) is 9.79 Å². The summed E-state index contributed by atoms with van der Waals surface area (Å²) in [5, 5.41) is 8.60. The second kappa shape index (κ2) is 12.6. The van der Waals surface area contributed by atoms with Crippen molar-refractivity contribution in [3.05, 3.63) is 57.7 Å². The van der Waals surface area contributed by atoms with E-state index in [-0.39, 0.29) is 12.5 Å². The molecular formula is C23H30ClN5O3S. The van der Waals surface area contributed by atoms with Crippen LogP contribution in [0.25, 0.3) is 6.08 Å². The highest BCUT2D eigenvalue weighted by atomic mass is 35.5. The molecule has 0 spiro atoms. The van der Waals surface area contributed by atoms with Gasteiger partial charge in [0.15, 0.2) is 0 Å². The summed E-state index contributed by atoms with van der Waals surface area (Å²) in [4.78, 5) is 33.5. The number of aryl methyl sites for hydroxylation is 1. The highest BCUT2D eigenvalue weighted by molar-refractivity contribution is 7.97. The van der Waals surface area contributed by atoms with Crippen molar-refractivity contribution in [1.82, 2.24) is 14.2 Å². The number of halogens is 1. The minimum Gasteiger partial charge on any atom is -0.400 e. The second-order valence-electron chi connectivity index (χ2n) is 7.39. The van der Waals surface area contributed by atoms with E-state index in [2.05, 4.69) is 9.98 Å². The largest absolute Gasteiger partial charge is 0.400 e. The molecule has 8 nitrogen and oxygen atoms in total. The Kier molecular flexibility index (Phi) is 10.2. The number of nitrogens with two attached hydrogens (primary N) is 1. The molecular weight excluding hydrogens is 462 g/mol. The van der Waals surface area contributed by atoms with Crippen molar-refractivity contribution in [2.24, 2.45) is 10.7 Å². The first-order valence-electron chi connectivity index (χ1n) is 10.3. The van der Waals surface area contributed by atoms with Gasteiger partial charge in [0.1, 0.15) is 18.2 Å². The molecule has 1 unspecified atom stereocenters. The standard InChI is InChI=1S/C22H26ClN5O2S.CH4O/c1-14(23)8-18-9-20(26-15(18)2)31-27-11-19(13-29)28(21(30)12-27)10-16-4-6-17(7-5-16)22(24)25-3;1-2/h4-9,13,19,26H,10-12H2,1-3H3,(H2,24,25);2H,1H3/b14-8+;. The Morgan fingerprint density at radius 1 is 1.36 bits per heavy atom. The number of hydrogen-bond donors (Lipinski definition) is 3. The monoisotopic (exact) mass is 491 g/mol. The van der Waals surface area contributed by atoms with Crippen LogP contribution in [0.15, 0.2) is 45.4 Å². The number of amides is 1. The summed E-state index contributed by atoms with van der Waals surface area (Å²) in [5.74, 6) is 0.369. The number of carbonyl (C=O) groups excluding carboxylic acids is 2. The minimum atomic E-state index is -0.517. The van der Waals surface area contributed by atoms with Gasteiger partial charge in [0.25, 0.3) is 0 Å². The van der Waals surface area contributed by atoms with Crippen molar-refractivity contribution in [3.8, 4) is 0 Å². The number of aromatic amines is 1. The second-order valence-corrected chi connectivity index (χ2v) is 9.12. The van der Waals surface area contributed by atoms with Crippen LogP contribution in [0.4, 0.5) is 0 Å². The number of piperazine rings is 1. The van der Waals surface area contributed by atoms with Crippen LogP contribution in [0.1, 0.15) is 29.3 Å². The number of hydrogen-bond acceptors (Lipinski definition) is 6. The molecule has 10 heteroatoms. The Hall–Kier alpha value is -2.59. The summed E-state index contributed by atoms with van der Waals surface area (Å²) in [6.45, 7) is 4.84. The van der Waals surface area contributed by atoms with Crippen LogP contribution in [0.3, 0.4) is 0 Å². The average Bonchev–Trinajstić information content (AvgIpc) is 3.14. The molecule has 1 amide bonds. The maximum atomic E-state index is 12.8. The smallest absolute Gasteiger partial charge is 0.238 e. The van der Waals surface area contributed by atoms with Crippen LogP contribution in [-0.4, -0.2) is 70.6 Å². The van der Waals surface area contributed by atoms with Gasteiger partial charge >= 0.3 is 0 Å². The lowest BCUT2D eigenvalue weighted by atomic mass is 10.1. The Morgan fingerprint density at radius 3 is 2.61 bits per heavy atom. The highest BCUT2D eigenvalue weighted by Crippen LogP contribution is 2.28. The third-order valence-electron chi connectivity index (χ3n) is 5.04. The predicted octanol–water partition coefficient (Wildman–Crippen LogP) is 2.79. The molecule has 2 aromatic rings. The van der Waals surface area contributed by atoms with Crippen LogP contribution in [-0.2, 0) is 16.1 Å². The number of nitrogens with one attached hydrogen (secondary N) is 1. The molecule has 1 aliphatic rings. The summed E-state index contributed by atoms with van der Waals surface area (Å²) >= 11 is 7.42. The van der Waals surface area contributed by atoms with Crippen molar-refractivity contribution < 1.29 is 14.7 Å². The average molecular weight is 492 g/mol. The zero-order valence-electron chi connectivity index (χ0n) is 19.2. The fourth-order valence-corrected chi connectivity index (χ4v) is 4.57. The molecule has 0 bridgehead atoms. The number of amidine groups is 1. The lowest BCUT2D eigenvalue weighted by Gasteiger charge is -2.37. The van der Waals surface area contributed by atoms with Crippen LogP contribution < -0.4 is 5.73 Å². The van der Waals surface area contributed by atoms with Gasteiger partial charge in [-0.25, -0.2) is 4.31 Å². The van der Waals surface area contributed by atoms with Crippen molar-refractivity contribution >= 4 is 47.7 Å². The Balaban J connectivity index is 0.00000187. The molecule has 0 aliphatic carbocycles. The third-order valence-corrected chi connectivity index (χ3v) is 6.10. The number of allylic oxidation sites excluding steroid dienone is 1. The number of carbonyl (C=O) groups is 2. The Bertz CT molecular complexity index is 1020. The van der Waals surface area contributed by atoms with E-state index in [4.69, 9.17) is 22.4 Å². The van der Waals surface area contributed by atoms with E-state index in [1.165, 1.54) is 11.9 Å². The molecule has 1 fully saturated rings. The topological polar surface area (TPSA) is 115 Å². The zero-order chi connectivity index (χ0) is 24.5. The number of H-pyrrole nitrogens is 1. The molecule has 1 aromatic carbocycles. The first kappa shape index (κ1) is 26.7. The summed E-state index contributed by atoms with van der Waals surface area (Å²) < 4.78 is 1.91. The fraction of sp³-hybridized carbons (Fsp3) is 0.348. The van der Waals surface area contributed by atoms with E-state index in [0.29, 0.717) is 24.0 Å².